The fourth-order valence-electron chi connectivity index (χ4n) is 1.32. The van der Waals surface area contributed by atoms with Crippen LogP contribution in [0.4, 0.5) is 10.5 Å². The topological polar surface area (TPSA) is 76.4 Å². The molecule has 0 atom stereocenters. The van der Waals surface area contributed by atoms with Gasteiger partial charge in [0.2, 0.25) is 0 Å². The van der Waals surface area contributed by atoms with Crippen molar-refractivity contribution in [3.63, 3.8) is 0 Å². The standard InChI is InChI=1S/C12H19N3O2/c1-9-4-5-11(17-7-3-6-13)10(8-9)15-12(16)14-2/h4-5,8H,3,6-7,13H2,1-2H3,(H2,14,15,16). The van der Waals surface area contributed by atoms with Crippen molar-refractivity contribution >= 4 is 11.7 Å². The molecule has 2 amide bonds. The molecule has 0 fully saturated rings. The van der Waals surface area contributed by atoms with Crippen molar-refractivity contribution in [1.29, 1.82) is 0 Å². The molecule has 0 heterocycles. The van der Waals surface area contributed by atoms with E-state index in [-0.39, 0.29) is 6.03 Å². The predicted molar refractivity (Wildman–Crippen MR) is 68.4 cm³/mol. The molecule has 0 aliphatic rings. The molecule has 5 nitrogen and oxygen atoms in total. The molecule has 1 rings (SSSR count). The van der Waals surface area contributed by atoms with Crippen LogP contribution in [-0.2, 0) is 0 Å². The number of anilines is 1. The minimum atomic E-state index is -0.265. The molecule has 0 unspecified atom stereocenters. The number of ether oxygens (including phenoxy) is 1. The second kappa shape index (κ2) is 6.75. The monoisotopic (exact) mass is 237 g/mol. The summed E-state index contributed by atoms with van der Waals surface area (Å²) in [6, 6.07) is 5.39. The van der Waals surface area contributed by atoms with Crippen LogP contribution < -0.4 is 21.1 Å². The molecule has 17 heavy (non-hydrogen) atoms. The Morgan fingerprint density at radius 2 is 2.24 bits per heavy atom. The SMILES string of the molecule is CNC(=O)Nc1cc(C)ccc1OCCCN. The Kier molecular flexibility index (Phi) is 5.29. The van der Waals surface area contributed by atoms with E-state index >= 15 is 0 Å². The van der Waals surface area contributed by atoms with Crippen LogP contribution in [0.1, 0.15) is 12.0 Å². The van der Waals surface area contributed by atoms with Crippen LogP contribution in [-0.4, -0.2) is 26.2 Å². The molecule has 0 aliphatic carbocycles. The van der Waals surface area contributed by atoms with E-state index in [0.717, 1.165) is 12.0 Å². The molecular formula is C12H19N3O2. The zero-order valence-corrected chi connectivity index (χ0v) is 10.2. The summed E-state index contributed by atoms with van der Waals surface area (Å²) in [5.41, 5.74) is 7.12. The third kappa shape index (κ3) is 4.32. The lowest BCUT2D eigenvalue weighted by Gasteiger charge is -2.12. The number of rotatable bonds is 5. The summed E-state index contributed by atoms with van der Waals surface area (Å²) in [6.45, 7) is 3.09. The predicted octanol–water partition coefficient (Wildman–Crippen LogP) is 1.47. The summed E-state index contributed by atoms with van der Waals surface area (Å²) in [7, 11) is 1.57. The van der Waals surface area contributed by atoms with E-state index < -0.39 is 0 Å². The molecule has 0 aromatic heterocycles. The lowest BCUT2D eigenvalue weighted by Crippen LogP contribution is -2.24. The highest BCUT2D eigenvalue weighted by Gasteiger charge is 2.06. The molecule has 0 aliphatic heterocycles. The molecular weight excluding hydrogens is 218 g/mol. The van der Waals surface area contributed by atoms with Crippen LogP contribution in [0.15, 0.2) is 18.2 Å². The van der Waals surface area contributed by atoms with E-state index in [1.165, 1.54) is 0 Å². The molecule has 0 radical (unpaired) electrons. The third-order valence-corrected chi connectivity index (χ3v) is 2.22. The van der Waals surface area contributed by atoms with Gasteiger partial charge in [-0.3, -0.25) is 0 Å². The Hall–Kier alpha value is -1.75. The van der Waals surface area contributed by atoms with Gasteiger partial charge >= 0.3 is 6.03 Å². The van der Waals surface area contributed by atoms with Crippen LogP contribution in [0.25, 0.3) is 0 Å². The summed E-state index contributed by atoms with van der Waals surface area (Å²) < 4.78 is 5.56. The number of carbonyl (C=O) groups excluding carboxylic acids is 1. The first-order valence-corrected chi connectivity index (χ1v) is 5.59. The zero-order chi connectivity index (χ0) is 12.7. The third-order valence-electron chi connectivity index (χ3n) is 2.22. The normalized spacial score (nSPS) is 9.82. The summed E-state index contributed by atoms with van der Waals surface area (Å²) >= 11 is 0. The van der Waals surface area contributed by atoms with Crippen molar-refractivity contribution in [3.8, 4) is 5.75 Å². The first-order valence-electron chi connectivity index (χ1n) is 5.59. The highest BCUT2D eigenvalue weighted by molar-refractivity contribution is 5.90. The van der Waals surface area contributed by atoms with Gasteiger partial charge in [0, 0.05) is 7.05 Å². The molecule has 1 aromatic carbocycles. The Bertz CT molecular complexity index is 380. The molecule has 4 N–H and O–H groups in total. The number of hydrogen-bond acceptors (Lipinski definition) is 3. The van der Waals surface area contributed by atoms with Gasteiger partial charge in [0.05, 0.1) is 12.3 Å². The highest BCUT2D eigenvalue weighted by atomic mass is 16.5. The Morgan fingerprint density at radius 3 is 2.88 bits per heavy atom. The van der Waals surface area contributed by atoms with Crippen molar-refractivity contribution in [2.24, 2.45) is 5.73 Å². The maximum Gasteiger partial charge on any atom is 0.319 e. The van der Waals surface area contributed by atoms with Crippen LogP contribution >= 0.6 is 0 Å². The number of carbonyl (C=O) groups is 1. The van der Waals surface area contributed by atoms with Gasteiger partial charge in [-0.05, 0) is 37.6 Å². The fourth-order valence-corrected chi connectivity index (χ4v) is 1.32. The van der Waals surface area contributed by atoms with E-state index in [9.17, 15) is 4.79 Å². The molecule has 0 saturated heterocycles. The van der Waals surface area contributed by atoms with E-state index in [1.807, 2.05) is 25.1 Å². The van der Waals surface area contributed by atoms with Crippen molar-refractivity contribution in [2.45, 2.75) is 13.3 Å². The number of nitrogens with two attached hydrogens (primary N) is 1. The average molecular weight is 237 g/mol. The number of amides is 2. The Balaban J connectivity index is 2.76. The number of nitrogens with one attached hydrogen (secondary N) is 2. The molecule has 0 spiro atoms. The summed E-state index contributed by atoms with van der Waals surface area (Å²) in [5.74, 6) is 0.660. The van der Waals surface area contributed by atoms with Gasteiger partial charge in [0.25, 0.3) is 0 Å². The van der Waals surface area contributed by atoms with Crippen molar-refractivity contribution in [2.75, 3.05) is 25.5 Å². The lowest BCUT2D eigenvalue weighted by molar-refractivity contribution is 0.253. The van der Waals surface area contributed by atoms with Crippen molar-refractivity contribution in [3.05, 3.63) is 23.8 Å². The summed E-state index contributed by atoms with van der Waals surface area (Å²) in [4.78, 5) is 11.3. The number of benzene rings is 1. The van der Waals surface area contributed by atoms with Gasteiger partial charge in [-0.15, -0.1) is 0 Å². The largest absolute Gasteiger partial charge is 0.491 e. The first-order chi connectivity index (χ1) is 8.17. The van der Waals surface area contributed by atoms with E-state index in [4.69, 9.17) is 10.5 Å². The maximum absolute atomic E-state index is 11.3. The van der Waals surface area contributed by atoms with Gasteiger partial charge in [-0.25, -0.2) is 4.79 Å². The quantitative estimate of drug-likeness (QED) is 0.679. The molecule has 0 saturated carbocycles. The minimum Gasteiger partial charge on any atom is -0.491 e. The van der Waals surface area contributed by atoms with Gasteiger partial charge in [-0.2, -0.15) is 0 Å². The molecule has 5 heteroatoms. The van der Waals surface area contributed by atoms with E-state index in [1.54, 1.807) is 7.05 Å². The Labute approximate surface area is 101 Å². The van der Waals surface area contributed by atoms with Crippen molar-refractivity contribution < 1.29 is 9.53 Å². The second-order valence-electron chi connectivity index (χ2n) is 3.69. The summed E-state index contributed by atoms with van der Waals surface area (Å²) in [5, 5.41) is 5.22. The van der Waals surface area contributed by atoms with E-state index in [2.05, 4.69) is 10.6 Å². The number of hydrogen-bond donors (Lipinski definition) is 3. The smallest absolute Gasteiger partial charge is 0.319 e. The number of aryl methyl sites for hydroxylation is 1. The molecule has 1 aromatic rings. The highest BCUT2D eigenvalue weighted by Crippen LogP contribution is 2.25. The molecule has 0 bridgehead atoms. The zero-order valence-electron chi connectivity index (χ0n) is 10.2. The number of urea groups is 1. The maximum atomic E-state index is 11.3. The van der Waals surface area contributed by atoms with Crippen LogP contribution in [0.5, 0.6) is 5.75 Å². The molecule has 94 valence electrons. The first kappa shape index (κ1) is 13.3. The average Bonchev–Trinajstić information content (AvgIpc) is 2.32. The fraction of sp³-hybridized carbons (Fsp3) is 0.417. The lowest BCUT2D eigenvalue weighted by atomic mass is 10.2. The Morgan fingerprint density at radius 1 is 1.47 bits per heavy atom. The van der Waals surface area contributed by atoms with Crippen molar-refractivity contribution in [1.82, 2.24) is 5.32 Å². The summed E-state index contributed by atoms with van der Waals surface area (Å²) in [6.07, 6.45) is 0.785. The van der Waals surface area contributed by atoms with Crippen LogP contribution in [0.2, 0.25) is 0 Å². The van der Waals surface area contributed by atoms with Crippen LogP contribution in [0.3, 0.4) is 0 Å². The van der Waals surface area contributed by atoms with Crippen LogP contribution in [0, 0.1) is 6.92 Å². The van der Waals surface area contributed by atoms with Gasteiger partial charge < -0.3 is 21.1 Å². The van der Waals surface area contributed by atoms with E-state index in [0.29, 0.717) is 24.6 Å². The van der Waals surface area contributed by atoms with Gasteiger partial charge in [-0.1, -0.05) is 6.07 Å². The second-order valence-corrected chi connectivity index (χ2v) is 3.69. The minimum absolute atomic E-state index is 0.265. The van der Waals surface area contributed by atoms with Gasteiger partial charge in [0.1, 0.15) is 5.75 Å². The van der Waals surface area contributed by atoms with Gasteiger partial charge in [0.15, 0.2) is 0 Å².